The van der Waals surface area contributed by atoms with Gasteiger partial charge in [-0.3, -0.25) is 9.88 Å². The molecule has 1 fully saturated rings. The van der Waals surface area contributed by atoms with Crippen molar-refractivity contribution >= 4 is 5.82 Å². The Bertz CT molecular complexity index is 596. The second-order valence-corrected chi connectivity index (χ2v) is 5.09. The summed E-state index contributed by atoms with van der Waals surface area (Å²) in [5.41, 5.74) is 3.28. The summed E-state index contributed by atoms with van der Waals surface area (Å²) in [6.07, 6.45) is 3.43. The van der Waals surface area contributed by atoms with Crippen LogP contribution in [-0.4, -0.2) is 48.2 Å². The quantitative estimate of drug-likeness (QED) is 0.931. The van der Waals surface area contributed by atoms with Crippen LogP contribution in [0.25, 0.3) is 11.3 Å². The highest BCUT2D eigenvalue weighted by Gasteiger charge is 2.12. The number of rotatable bonds is 4. The monoisotopic (exact) mass is 284 g/mol. The Morgan fingerprint density at radius 1 is 1.19 bits per heavy atom. The van der Waals surface area contributed by atoms with Crippen LogP contribution in [0.1, 0.15) is 5.56 Å². The number of nitrogens with zero attached hydrogens (tertiary/aromatic N) is 3. The zero-order valence-electron chi connectivity index (χ0n) is 12.2. The summed E-state index contributed by atoms with van der Waals surface area (Å²) in [5.74, 6) is 0.807. The van der Waals surface area contributed by atoms with Crippen LogP contribution >= 0.6 is 0 Å². The van der Waals surface area contributed by atoms with Crippen molar-refractivity contribution in [2.75, 3.05) is 38.7 Å². The van der Waals surface area contributed by atoms with Gasteiger partial charge in [0.15, 0.2) is 5.82 Å². The molecule has 0 radical (unpaired) electrons. The lowest BCUT2D eigenvalue weighted by Crippen LogP contribution is -2.35. The van der Waals surface area contributed by atoms with Gasteiger partial charge in [0.25, 0.3) is 0 Å². The number of hydrogen-bond donors (Lipinski definition) is 1. The van der Waals surface area contributed by atoms with Crippen molar-refractivity contribution in [3.8, 4) is 11.3 Å². The summed E-state index contributed by atoms with van der Waals surface area (Å²) in [6, 6.07) is 8.52. The number of benzene rings is 1. The molecule has 0 aliphatic carbocycles. The molecule has 0 unspecified atom stereocenters. The highest BCUT2D eigenvalue weighted by Crippen LogP contribution is 2.24. The van der Waals surface area contributed by atoms with Gasteiger partial charge in [-0.05, 0) is 11.6 Å². The Hall–Kier alpha value is -1.98. The lowest BCUT2D eigenvalue weighted by atomic mass is 10.1. The fourth-order valence-corrected chi connectivity index (χ4v) is 2.57. The number of nitrogens with one attached hydrogen (secondary N) is 1. The molecular weight excluding hydrogens is 264 g/mol. The molecule has 2 aromatic rings. The number of aromatic nitrogens is 2. The number of anilines is 1. The number of morpholine rings is 1. The molecule has 5 heteroatoms. The molecule has 0 spiro atoms. The van der Waals surface area contributed by atoms with Crippen LogP contribution in [-0.2, 0) is 11.3 Å². The molecule has 110 valence electrons. The van der Waals surface area contributed by atoms with Gasteiger partial charge >= 0.3 is 0 Å². The Morgan fingerprint density at radius 2 is 2.00 bits per heavy atom. The van der Waals surface area contributed by atoms with Crippen LogP contribution in [0.15, 0.2) is 36.7 Å². The zero-order chi connectivity index (χ0) is 14.5. The van der Waals surface area contributed by atoms with Gasteiger partial charge in [0, 0.05) is 44.6 Å². The maximum absolute atomic E-state index is 5.39. The molecule has 1 aliphatic rings. The second-order valence-electron chi connectivity index (χ2n) is 5.09. The van der Waals surface area contributed by atoms with E-state index >= 15 is 0 Å². The highest BCUT2D eigenvalue weighted by atomic mass is 16.5. The van der Waals surface area contributed by atoms with Crippen molar-refractivity contribution in [2.45, 2.75) is 6.54 Å². The van der Waals surface area contributed by atoms with Gasteiger partial charge in [-0.15, -0.1) is 0 Å². The van der Waals surface area contributed by atoms with Gasteiger partial charge in [-0.1, -0.05) is 18.2 Å². The summed E-state index contributed by atoms with van der Waals surface area (Å²) in [4.78, 5) is 11.2. The molecule has 1 aromatic carbocycles. The first-order valence-electron chi connectivity index (χ1n) is 7.25. The zero-order valence-corrected chi connectivity index (χ0v) is 12.2. The summed E-state index contributed by atoms with van der Waals surface area (Å²) in [5, 5.41) is 3.09. The van der Waals surface area contributed by atoms with E-state index in [2.05, 4.69) is 44.5 Å². The predicted molar refractivity (Wildman–Crippen MR) is 83.1 cm³/mol. The molecule has 1 N–H and O–H groups in total. The third-order valence-corrected chi connectivity index (χ3v) is 3.65. The standard InChI is InChI=1S/C16H20N4O/c1-17-16-15(18-5-6-19-16)14-4-2-3-13(11-14)12-20-7-9-21-10-8-20/h2-6,11H,7-10,12H2,1H3,(H,17,19). The molecule has 1 aliphatic heterocycles. The van der Waals surface area contributed by atoms with E-state index in [0.29, 0.717) is 0 Å². The maximum Gasteiger partial charge on any atom is 0.152 e. The van der Waals surface area contributed by atoms with Crippen LogP contribution in [0.3, 0.4) is 0 Å². The molecule has 3 rings (SSSR count). The molecular formula is C16H20N4O. The van der Waals surface area contributed by atoms with E-state index in [0.717, 1.165) is 49.9 Å². The molecule has 2 heterocycles. The molecule has 21 heavy (non-hydrogen) atoms. The molecule has 0 bridgehead atoms. The van der Waals surface area contributed by atoms with Gasteiger partial charge in [0.1, 0.15) is 5.69 Å². The first-order chi connectivity index (χ1) is 10.4. The normalized spacial score (nSPS) is 15.9. The summed E-state index contributed by atoms with van der Waals surface area (Å²) < 4.78 is 5.39. The van der Waals surface area contributed by atoms with Crippen LogP contribution in [0.5, 0.6) is 0 Å². The van der Waals surface area contributed by atoms with E-state index in [-0.39, 0.29) is 0 Å². The van der Waals surface area contributed by atoms with Gasteiger partial charge in [0.2, 0.25) is 0 Å². The van der Waals surface area contributed by atoms with Crippen LogP contribution in [0, 0.1) is 0 Å². The molecule has 0 amide bonds. The van der Waals surface area contributed by atoms with E-state index in [4.69, 9.17) is 4.74 Å². The summed E-state index contributed by atoms with van der Waals surface area (Å²) >= 11 is 0. The molecule has 5 nitrogen and oxygen atoms in total. The Balaban J connectivity index is 1.82. The SMILES string of the molecule is CNc1nccnc1-c1cccc(CN2CCOCC2)c1. The smallest absolute Gasteiger partial charge is 0.152 e. The fraction of sp³-hybridized carbons (Fsp3) is 0.375. The van der Waals surface area contributed by atoms with E-state index in [1.165, 1.54) is 5.56 Å². The third-order valence-electron chi connectivity index (χ3n) is 3.65. The summed E-state index contributed by atoms with van der Waals surface area (Å²) in [7, 11) is 1.87. The molecule has 1 aromatic heterocycles. The van der Waals surface area contributed by atoms with Crippen LogP contribution in [0.4, 0.5) is 5.82 Å². The van der Waals surface area contributed by atoms with Crippen LogP contribution in [0.2, 0.25) is 0 Å². The lowest BCUT2D eigenvalue weighted by molar-refractivity contribution is 0.0342. The highest BCUT2D eigenvalue weighted by molar-refractivity contribution is 5.71. The van der Waals surface area contributed by atoms with Crippen molar-refractivity contribution in [2.24, 2.45) is 0 Å². The van der Waals surface area contributed by atoms with Gasteiger partial charge in [-0.2, -0.15) is 0 Å². The Kier molecular flexibility index (Phi) is 4.43. The van der Waals surface area contributed by atoms with Crippen LogP contribution < -0.4 is 5.32 Å². The van der Waals surface area contributed by atoms with Crippen molar-refractivity contribution < 1.29 is 4.74 Å². The first-order valence-corrected chi connectivity index (χ1v) is 7.25. The lowest BCUT2D eigenvalue weighted by Gasteiger charge is -2.26. The van der Waals surface area contributed by atoms with Crippen molar-refractivity contribution in [3.05, 3.63) is 42.2 Å². The Morgan fingerprint density at radius 3 is 2.81 bits per heavy atom. The number of hydrogen-bond acceptors (Lipinski definition) is 5. The predicted octanol–water partition coefficient (Wildman–Crippen LogP) is 2.02. The van der Waals surface area contributed by atoms with Gasteiger partial charge in [-0.25, -0.2) is 4.98 Å². The second kappa shape index (κ2) is 6.65. The average Bonchev–Trinajstić information content (AvgIpc) is 2.56. The summed E-state index contributed by atoms with van der Waals surface area (Å²) in [6.45, 7) is 4.60. The Labute approximate surface area is 125 Å². The topological polar surface area (TPSA) is 50.3 Å². The van der Waals surface area contributed by atoms with E-state index in [1.807, 2.05) is 7.05 Å². The van der Waals surface area contributed by atoms with E-state index < -0.39 is 0 Å². The van der Waals surface area contributed by atoms with E-state index in [1.54, 1.807) is 12.4 Å². The van der Waals surface area contributed by atoms with Crippen molar-refractivity contribution in [3.63, 3.8) is 0 Å². The minimum Gasteiger partial charge on any atom is -0.379 e. The van der Waals surface area contributed by atoms with Gasteiger partial charge < -0.3 is 10.1 Å². The van der Waals surface area contributed by atoms with Gasteiger partial charge in [0.05, 0.1) is 13.2 Å². The maximum atomic E-state index is 5.39. The third kappa shape index (κ3) is 3.37. The minimum atomic E-state index is 0.807. The van der Waals surface area contributed by atoms with E-state index in [9.17, 15) is 0 Å². The average molecular weight is 284 g/mol. The fourth-order valence-electron chi connectivity index (χ4n) is 2.57. The van der Waals surface area contributed by atoms with Crippen molar-refractivity contribution in [1.29, 1.82) is 0 Å². The number of ether oxygens (including phenoxy) is 1. The molecule has 0 atom stereocenters. The minimum absolute atomic E-state index is 0.807. The molecule has 0 saturated carbocycles. The first kappa shape index (κ1) is 14.0. The largest absolute Gasteiger partial charge is 0.379 e. The molecule has 1 saturated heterocycles. The van der Waals surface area contributed by atoms with Crippen molar-refractivity contribution in [1.82, 2.24) is 14.9 Å².